The summed E-state index contributed by atoms with van der Waals surface area (Å²) >= 11 is 1.24. The lowest BCUT2D eigenvalue weighted by Gasteiger charge is -2.24. The van der Waals surface area contributed by atoms with Crippen LogP contribution in [0.3, 0.4) is 0 Å². The van der Waals surface area contributed by atoms with Gasteiger partial charge in [0.1, 0.15) is 6.61 Å². The van der Waals surface area contributed by atoms with Gasteiger partial charge in [0, 0.05) is 18.1 Å². The van der Waals surface area contributed by atoms with Crippen molar-refractivity contribution in [2.45, 2.75) is 38.0 Å². The Morgan fingerprint density at radius 1 is 1.47 bits per heavy atom. The lowest BCUT2D eigenvalue weighted by atomic mass is 10.0. The fourth-order valence-electron chi connectivity index (χ4n) is 1.43. The van der Waals surface area contributed by atoms with Crippen LogP contribution in [0.1, 0.15) is 27.2 Å². The number of hydrogen-bond acceptors (Lipinski definition) is 5. The molecule has 2 N–H and O–H groups in total. The first-order valence-corrected chi connectivity index (χ1v) is 6.02. The predicted molar refractivity (Wildman–Crippen MR) is 63.0 cm³/mol. The van der Waals surface area contributed by atoms with E-state index >= 15 is 0 Å². The molecule has 17 heavy (non-hydrogen) atoms. The van der Waals surface area contributed by atoms with Crippen LogP contribution in [0.2, 0.25) is 0 Å². The van der Waals surface area contributed by atoms with Gasteiger partial charge in [-0.15, -0.1) is 0 Å². The summed E-state index contributed by atoms with van der Waals surface area (Å²) in [6, 6.07) is 0. The quantitative estimate of drug-likeness (QED) is 0.697. The van der Waals surface area contributed by atoms with Gasteiger partial charge in [-0.1, -0.05) is 11.8 Å². The number of thioether (sulfide) groups is 1. The van der Waals surface area contributed by atoms with E-state index in [0.717, 1.165) is 0 Å². The molecule has 2 amide bonds. The van der Waals surface area contributed by atoms with E-state index in [4.69, 9.17) is 4.74 Å². The Bertz CT molecular complexity index is 343. The van der Waals surface area contributed by atoms with Crippen molar-refractivity contribution in [2.24, 2.45) is 0 Å². The maximum Gasteiger partial charge on any atom is 0.264 e. The summed E-state index contributed by atoms with van der Waals surface area (Å²) in [5.74, 6) is -0.800. The Morgan fingerprint density at radius 3 is 2.59 bits per heavy atom. The van der Waals surface area contributed by atoms with Crippen LogP contribution in [-0.2, 0) is 19.1 Å². The van der Waals surface area contributed by atoms with Crippen LogP contribution in [0.25, 0.3) is 0 Å². The summed E-state index contributed by atoms with van der Waals surface area (Å²) in [6.45, 7) is 4.91. The van der Waals surface area contributed by atoms with E-state index in [0.29, 0.717) is 6.42 Å². The summed E-state index contributed by atoms with van der Waals surface area (Å²) in [6.07, 6.45) is 0.0357. The Kier molecular flexibility index (Phi) is 4.53. The lowest BCUT2D eigenvalue weighted by molar-refractivity contribution is -0.133. The Balaban J connectivity index is 2.33. The van der Waals surface area contributed by atoms with Crippen molar-refractivity contribution >= 4 is 28.7 Å². The average Bonchev–Trinajstić information content (AvgIpc) is 2.45. The first-order chi connectivity index (χ1) is 7.81. The zero-order chi connectivity index (χ0) is 13.1. The second kappa shape index (κ2) is 5.50. The zero-order valence-electron chi connectivity index (χ0n) is 10.0. The topological polar surface area (TPSA) is 84.5 Å². The maximum absolute atomic E-state index is 11.3. The number of rotatable bonds is 3. The van der Waals surface area contributed by atoms with Gasteiger partial charge in [-0.3, -0.25) is 25.2 Å². The zero-order valence-corrected chi connectivity index (χ0v) is 10.8. The number of hydrazine groups is 1. The summed E-state index contributed by atoms with van der Waals surface area (Å²) in [7, 11) is 0. The molecule has 1 aliphatic heterocycles. The molecule has 1 rings (SSSR count). The largest absolute Gasteiger partial charge is 0.366 e. The van der Waals surface area contributed by atoms with Gasteiger partial charge in [-0.25, -0.2) is 0 Å². The number of hydrogen-bond donors (Lipinski definition) is 2. The average molecular weight is 260 g/mol. The van der Waals surface area contributed by atoms with Crippen LogP contribution in [0, 0.1) is 0 Å². The molecule has 7 heteroatoms. The molecular formula is C10H16N2O4S. The fraction of sp³-hybridized carbons (Fsp3) is 0.700. The van der Waals surface area contributed by atoms with Crippen molar-refractivity contribution in [1.82, 2.24) is 10.9 Å². The van der Waals surface area contributed by atoms with Gasteiger partial charge in [0.05, 0.1) is 6.10 Å². The van der Waals surface area contributed by atoms with Crippen LogP contribution >= 0.6 is 11.8 Å². The first kappa shape index (κ1) is 14.0. The van der Waals surface area contributed by atoms with E-state index in [9.17, 15) is 14.4 Å². The van der Waals surface area contributed by atoms with Gasteiger partial charge in [-0.2, -0.15) is 0 Å². The number of amides is 2. The standard InChI is InChI=1S/C10H16N2O4S/c1-6(13)11-12-8(14)5-16-7-4-9(15)17-10(7,2)3/h7H,4-5H2,1-3H3,(H,11,13)(H,12,14). The molecule has 0 aliphatic carbocycles. The third-order valence-corrected chi connectivity index (χ3v) is 3.48. The van der Waals surface area contributed by atoms with Crippen molar-refractivity contribution in [1.29, 1.82) is 0 Å². The number of carbonyl (C=O) groups excluding carboxylic acids is 3. The second-order valence-corrected chi connectivity index (χ2v) is 6.02. The van der Waals surface area contributed by atoms with E-state index in [2.05, 4.69) is 10.9 Å². The Labute approximate surface area is 104 Å². The van der Waals surface area contributed by atoms with Crippen LogP contribution in [0.4, 0.5) is 0 Å². The minimum atomic E-state index is -0.444. The molecule has 1 heterocycles. The number of carbonyl (C=O) groups is 3. The molecule has 0 aromatic carbocycles. The first-order valence-electron chi connectivity index (χ1n) is 5.20. The second-order valence-electron chi connectivity index (χ2n) is 4.31. The molecule has 1 aliphatic rings. The molecule has 0 bridgehead atoms. The molecule has 96 valence electrons. The van der Waals surface area contributed by atoms with Gasteiger partial charge in [-0.05, 0) is 13.8 Å². The summed E-state index contributed by atoms with van der Waals surface area (Å²) in [4.78, 5) is 33.0. The smallest absolute Gasteiger partial charge is 0.264 e. The molecule has 0 saturated carbocycles. The predicted octanol–water partition coefficient (Wildman–Crippen LogP) is -0.0190. The van der Waals surface area contributed by atoms with Crippen LogP contribution in [0.5, 0.6) is 0 Å². The molecule has 0 aromatic rings. The fourth-order valence-corrected chi connectivity index (χ4v) is 2.53. The molecule has 0 radical (unpaired) electrons. The molecule has 1 atom stereocenters. The Hall–Kier alpha value is -1.08. The molecule has 6 nitrogen and oxygen atoms in total. The molecular weight excluding hydrogens is 244 g/mol. The Morgan fingerprint density at radius 2 is 2.12 bits per heavy atom. The van der Waals surface area contributed by atoms with E-state index < -0.39 is 5.91 Å². The highest BCUT2D eigenvalue weighted by atomic mass is 32.2. The molecule has 0 spiro atoms. The van der Waals surface area contributed by atoms with E-state index in [1.807, 2.05) is 13.8 Å². The van der Waals surface area contributed by atoms with E-state index in [-0.39, 0.29) is 28.5 Å². The highest BCUT2D eigenvalue weighted by Crippen LogP contribution is 2.40. The summed E-state index contributed by atoms with van der Waals surface area (Å²) in [5.41, 5.74) is 4.35. The molecule has 1 saturated heterocycles. The van der Waals surface area contributed by atoms with Crippen LogP contribution < -0.4 is 10.9 Å². The third kappa shape index (κ3) is 4.35. The third-order valence-electron chi connectivity index (χ3n) is 2.30. The minimum absolute atomic E-state index is 0.0715. The highest BCUT2D eigenvalue weighted by molar-refractivity contribution is 8.15. The molecule has 0 aromatic heterocycles. The SMILES string of the molecule is CC(=O)NNC(=O)COC1CC(=O)SC1(C)C. The van der Waals surface area contributed by atoms with Gasteiger partial charge in [0.25, 0.3) is 5.91 Å². The normalized spacial score (nSPS) is 22.3. The molecule has 1 fully saturated rings. The monoisotopic (exact) mass is 260 g/mol. The minimum Gasteiger partial charge on any atom is -0.366 e. The highest BCUT2D eigenvalue weighted by Gasteiger charge is 2.41. The lowest BCUT2D eigenvalue weighted by Crippen LogP contribution is -2.43. The number of ether oxygens (including phenoxy) is 1. The maximum atomic E-state index is 11.3. The molecule has 1 unspecified atom stereocenters. The van der Waals surface area contributed by atoms with Crippen LogP contribution in [-0.4, -0.2) is 34.4 Å². The summed E-state index contributed by atoms with van der Waals surface area (Å²) in [5, 5.41) is 0.0715. The van der Waals surface area contributed by atoms with Gasteiger partial charge in [0.2, 0.25) is 5.91 Å². The number of nitrogens with one attached hydrogen (secondary N) is 2. The van der Waals surface area contributed by atoms with E-state index in [1.165, 1.54) is 18.7 Å². The van der Waals surface area contributed by atoms with Gasteiger partial charge < -0.3 is 4.74 Å². The van der Waals surface area contributed by atoms with Crippen molar-refractivity contribution in [3.05, 3.63) is 0 Å². The van der Waals surface area contributed by atoms with Gasteiger partial charge >= 0.3 is 0 Å². The van der Waals surface area contributed by atoms with Crippen molar-refractivity contribution < 1.29 is 19.1 Å². The summed E-state index contributed by atoms with van der Waals surface area (Å²) < 4.78 is 5.06. The van der Waals surface area contributed by atoms with Gasteiger partial charge in [0.15, 0.2) is 5.12 Å². The van der Waals surface area contributed by atoms with Crippen molar-refractivity contribution in [3.8, 4) is 0 Å². The van der Waals surface area contributed by atoms with Crippen molar-refractivity contribution in [3.63, 3.8) is 0 Å². The van der Waals surface area contributed by atoms with Crippen molar-refractivity contribution in [2.75, 3.05) is 6.61 Å². The van der Waals surface area contributed by atoms with E-state index in [1.54, 1.807) is 0 Å². The van der Waals surface area contributed by atoms with Crippen LogP contribution in [0.15, 0.2) is 0 Å².